The molecule has 1 aromatic rings. The van der Waals surface area contributed by atoms with Gasteiger partial charge in [0, 0.05) is 38.6 Å². The molecule has 0 fully saturated rings. The van der Waals surface area contributed by atoms with Gasteiger partial charge < -0.3 is 14.6 Å². The maximum absolute atomic E-state index is 12.5. The third kappa shape index (κ3) is 7.65. The number of alkyl carbamates (subject to hydrolysis) is 1. The first-order valence-electron chi connectivity index (χ1n) is 6.97. The van der Waals surface area contributed by atoms with Crippen LogP contribution in [0.15, 0.2) is 18.2 Å². The molecule has 0 aliphatic rings. The zero-order valence-corrected chi connectivity index (χ0v) is 17.8. The molecule has 0 bridgehead atoms. The van der Waals surface area contributed by atoms with E-state index in [1.165, 1.54) is 8.93 Å². The van der Waals surface area contributed by atoms with E-state index in [0.29, 0.717) is 6.54 Å². The highest BCUT2D eigenvalue weighted by molar-refractivity contribution is 14.2. The molecular formula is C16H21INO3PS. The molecule has 0 saturated heterocycles. The first-order valence-corrected chi connectivity index (χ1v) is 12.9. The Bertz CT molecular complexity index is 683. The second-order valence-corrected chi connectivity index (χ2v) is 11.2. The van der Waals surface area contributed by atoms with Crippen LogP contribution >= 0.6 is 37.3 Å². The number of amides is 1. The summed E-state index contributed by atoms with van der Waals surface area (Å²) in [5, 5.41) is 6.35. The van der Waals surface area contributed by atoms with Crippen LogP contribution in [0.2, 0.25) is 0 Å². The zero-order chi connectivity index (χ0) is 17.7. The Morgan fingerprint density at radius 3 is 2.57 bits per heavy atom. The van der Waals surface area contributed by atoms with E-state index in [9.17, 15) is 9.36 Å². The molecule has 0 radical (unpaired) electrons. The quantitative estimate of drug-likeness (QED) is 0.410. The highest BCUT2D eigenvalue weighted by Crippen LogP contribution is 2.36. The molecule has 0 aliphatic heterocycles. The minimum absolute atomic E-state index is 0.316. The summed E-state index contributed by atoms with van der Waals surface area (Å²) in [6.45, 7) is 9.19. The van der Waals surface area contributed by atoms with Crippen molar-refractivity contribution in [3.05, 3.63) is 29.3 Å². The van der Waals surface area contributed by atoms with Gasteiger partial charge in [-0.15, -0.1) is 0 Å². The number of nitrogens with one attached hydrogen (secondary N) is 1. The monoisotopic (exact) mass is 465 g/mol. The van der Waals surface area contributed by atoms with Gasteiger partial charge in [0.25, 0.3) is 0 Å². The van der Waals surface area contributed by atoms with E-state index in [1.807, 2.05) is 39.0 Å². The highest BCUT2D eigenvalue weighted by Gasteiger charge is 2.18. The largest absolute Gasteiger partial charge is 0.444 e. The number of carbonyl (C=O) groups excluding carboxylic acids is 1. The molecule has 1 N–H and O–H groups in total. The van der Waals surface area contributed by atoms with E-state index in [1.54, 1.807) is 13.3 Å². The summed E-state index contributed by atoms with van der Waals surface area (Å²) >= 11 is 2.10. The van der Waals surface area contributed by atoms with E-state index >= 15 is 0 Å². The van der Waals surface area contributed by atoms with Crippen molar-refractivity contribution in [1.29, 1.82) is 0 Å². The summed E-state index contributed by atoms with van der Waals surface area (Å²) < 4.78 is 17.7. The third-order valence-corrected chi connectivity index (χ3v) is 5.07. The van der Waals surface area contributed by atoms with Crippen molar-refractivity contribution in [2.45, 2.75) is 32.9 Å². The Balaban J connectivity index is 2.94. The molecule has 7 heteroatoms. The van der Waals surface area contributed by atoms with Crippen LogP contribution in [-0.2, 0) is 15.8 Å². The fourth-order valence-corrected chi connectivity index (χ4v) is 3.47. The first-order chi connectivity index (χ1) is 10.5. The van der Waals surface area contributed by atoms with Gasteiger partial charge in [-0.1, -0.05) is 12.0 Å². The number of ether oxygens (including phenoxy) is 1. The zero-order valence-electron chi connectivity index (χ0n) is 13.9. The van der Waals surface area contributed by atoms with E-state index < -0.39 is 18.8 Å². The van der Waals surface area contributed by atoms with E-state index in [-0.39, 0.29) is 0 Å². The van der Waals surface area contributed by atoms with Crippen molar-refractivity contribution in [2.75, 3.05) is 13.3 Å². The topological polar surface area (TPSA) is 55.4 Å². The van der Waals surface area contributed by atoms with Crippen LogP contribution in [0.1, 0.15) is 31.9 Å². The van der Waals surface area contributed by atoms with Crippen LogP contribution in [0.25, 0.3) is 0 Å². The van der Waals surface area contributed by atoms with Gasteiger partial charge in [0.2, 0.25) is 0 Å². The number of carbonyl (C=O) groups is 1. The second kappa shape index (κ2) is 8.46. The summed E-state index contributed by atoms with van der Waals surface area (Å²) in [6, 6.07) is 5.57. The fraction of sp³-hybridized carbons (Fsp3) is 0.438. The van der Waals surface area contributed by atoms with Crippen LogP contribution in [0.3, 0.4) is 0 Å². The summed E-state index contributed by atoms with van der Waals surface area (Å²) in [5.74, 6) is 3.01. The van der Waals surface area contributed by atoms with Crippen LogP contribution < -0.4 is 10.6 Å². The van der Waals surface area contributed by atoms with Crippen molar-refractivity contribution < 1.29 is 14.1 Å². The average molecular weight is 465 g/mol. The lowest BCUT2D eigenvalue weighted by Gasteiger charge is -2.20. The molecule has 126 valence electrons. The third-order valence-electron chi connectivity index (χ3n) is 2.70. The van der Waals surface area contributed by atoms with Gasteiger partial charge in [-0.3, -0.25) is 0 Å². The summed E-state index contributed by atoms with van der Waals surface area (Å²) in [6.07, 6.45) is -0.472. The molecule has 0 unspecified atom stereocenters. The van der Waals surface area contributed by atoms with Crippen molar-refractivity contribution >= 4 is 48.7 Å². The first kappa shape index (κ1) is 20.4. The number of rotatable bonds is 3. The Hall–Kier alpha value is -0.640. The Kier molecular flexibility index (Phi) is 7.50. The maximum atomic E-state index is 12.5. The van der Waals surface area contributed by atoms with Gasteiger partial charge in [0.1, 0.15) is 12.7 Å². The van der Waals surface area contributed by atoms with Crippen molar-refractivity contribution in [3.8, 4) is 11.2 Å². The maximum Gasteiger partial charge on any atom is 0.407 e. The fourth-order valence-electron chi connectivity index (χ4n) is 1.80. The lowest BCUT2D eigenvalue weighted by atomic mass is 10.1. The van der Waals surface area contributed by atoms with E-state index in [0.717, 1.165) is 16.4 Å². The van der Waals surface area contributed by atoms with Crippen molar-refractivity contribution in [3.63, 3.8) is 0 Å². The lowest BCUT2D eigenvalue weighted by Crippen LogP contribution is -2.32. The molecule has 1 aromatic carbocycles. The number of halogens is 1. The number of hydrogen-bond acceptors (Lipinski definition) is 4. The van der Waals surface area contributed by atoms with Crippen LogP contribution in [-0.4, -0.2) is 25.0 Å². The van der Waals surface area contributed by atoms with Crippen molar-refractivity contribution in [2.24, 2.45) is 0 Å². The minimum atomic E-state index is -2.46. The lowest BCUT2D eigenvalue weighted by molar-refractivity contribution is 0.0523. The number of benzene rings is 1. The Morgan fingerprint density at radius 2 is 2.04 bits per heavy atom. The number of hydrogen-bond donors (Lipinski definition) is 1. The SMILES string of the molecule is CC(C)(C)OC(=O)NCc1ccc(C#CSI)c(P(C)(C)=O)c1. The summed E-state index contributed by atoms with van der Waals surface area (Å²) in [7, 11) is -1.08. The summed E-state index contributed by atoms with van der Waals surface area (Å²) in [4.78, 5) is 11.7. The van der Waals surface area contributed by atoms with Gasteiger partial charge >= 0.3 is 6.09 Å². The van der Waals surface area contributed by atoms with Crippen molar-refractivity contribution in [1.82, 2.24) is 5.32 Å². The Morgan fingerprint density at radius 1 is 1.39 bits per heavy atom. The van der Waals surface area contributed by atoms with E-state index in [4.69, 9.17) is 4.74 Å². The molecule has 0 heterocycles. The van der Waals surface area contributed by atoms with Crippen LogP contribution in [0, 0.1) is 11.2 Å². The molecule has 1 amide bonds. The second-order valence-electron chi connectivity index (χ2n) is 6.36. The van der Waals surface area contributed by atoms with E-state index in [2.05, 4.69) is 37.7 Å². The average Bonchev–Trinajstić information content (AvgIpc) is 2.40. The summed E-state index contributed by atoms with van der Waals surface area (Å²) in [5.41, 5.74) is 1.10. The molecule has 0 aliphatic carbocycles. The Labute approximate surface area is 154 Å². The van der Waals surface area contributed by atoms with Gasteiger partial charge in [0.05, 0.1) is 0 Å². The predicted octanol–water partition coefficient (Wildman–Crippen LogP) is 4.35. The van der Waals surface area contributed by atoms with Gasteiger partial charge in [0.15, 0.2) is 0 Å². The smallest absolute Gasteiger partial charge is 0.407 e. The normalized spacial score (nSPS) is 11.4. The molecule has 1 rings (SSSR count). The standard InChI is InChI=1S/C16H21INO3PS/c1-16(2,3)21-15(19)18-11-12-6-7-13(8-9-23-17)14(10-12)22(4,5)20/h6-7,10H,11H2,1-5H3,(H,18,19). The molecule has 4 nitrogen and oxygen atoms in total. The molecule has 0 aromatic heterocycles. The van der Waals surface area contributed by atoms with Crippen LogP contribution in [0.5, 0.6) is 0 Å². The highest BCUT2D eigenvalue weighted by atomic mass is 127. The molecule has 0 atom stereocenters. The molecule has 23 heavy (non-hydrogen) atoms. The molecule has 0 spiro atoms. The van der Waals surface area contributed by atoms with Gasteiger partial charge in [-0.05, 0) is 66.0 Å². The molecular weight excluding hydrogens is 444 g/mol. The minimum Gasteiger partial charge on any atom is -0.444 e. The van der Waals surface area contributed by atoms with Gasteiger partial charge in [-0.2, -0.15) is 0 Å². The van der Waals surface area contributed by atoms with Gasteiger partial charge in [-0.25, -0.2) is 4.79 Å². The predicted molar refractivity (Wildman–Crippen MR) is 107 cm³/mol. The van der Waals surface area contributed by atoms with Crippen LogP contribution in [0.4, 0.5) is 4.79 Å². The molecule has 0 saturated carbocycles.